The van der Waals surface area contributed by atoms with E-state index in [0.717, 1.165) is 37.0 Å². The molecule has 0 amide bonds. The predicted molar refractivity (Wildman–Crippen MR) is 70.8 cm³/mol. The molecule has 0 bridgehead atoms. The van der Waals surface area contributed by atoms with Gasteiger partial charge in [0.2, 0.25) is 5.13 Å². The van der Waals surface area contributed by atoms with Crippen molar-refractivity contribution in [3.05, 3.63) is 23.8 Å². The maximum atomic E-state index is 4.55. The summed E-state index contributed by atoms with van der Waals surface area (Å²) in [4.78, 5) is 6.85. The molecule has 7 heteroatoms. The van der Waals surface area contributed by atoms with Crippen LogP contribution >= 0.6 is 11.5 Å². The minimum absolute atomic E-state index is 0.312. The number of aromatic nitrogens is 4. The molecule has 3 heterocycles. The van der Waals surface area contributed by atoms with Crippen molar-refractivity contribution in [2.24, 2.45) is 0 Å². The first-order chi connectivity index (χ1) is 8.86. The number of hydrogen-bond acceptors (Lipinski definition) is 6. The van der Waals surface area contributed by atoms with E-state index in [9.17, 15) is 0 Å². The summed E-state index contributed by atoms with van der Waals surface area (Å²) in [5, 5.41) is 11.4. The zero-order valence-corrected chi connectivity index (χ0v) is 11.1. The van der Waals surface area contributed by atoms with Gasteiger partial charge >= 0.3 is 0 Å². The van der Waals surface area contributed by atoms with Gasteiger partial charge in [-0.1, -0.05) is 6.92 Å². The average molecular weight is 264 g/mol. The van der Waals surface area contributed by atoms with Crippen molar-refractivity contribution < 1.29 is 0 Å². The zero-order chi connectivity index (χ0) is 12.4. The molecule has 1 unspecified atom stereocenters. The van der Waals surface area contributed by atoms with Crippen LogP contribution in [0.2, 0.25) is 0 Å². The SMILES string of the molecule is CCc1nsc(N2CCNC(c3cn[nH]c3)C2)n1. The fourth-order valence-corrected chi connectivity index (χ4v) is 2.90. The number of anilines is 1. The first kappa shape index (κ1) is 11.6. The van der Waals surface area contributed by atoms with E-state index in [1.54, 1.807) is 0 Å². The van der Waals surface area contributed by atoms with Gasteiger partial charge < -0.3 is 10.2 Å². The van der Waals surface area contributed by atoms with Crippen molar-refractivity contribution >= 4 is 16.7 Å². The number of nitrogens with one attached hydrogen (secondary N) is 2. The lowest BCUT2D eigenvalue weighted by atomic mass is 10.1. The molecule has 6 nitrogen and oxygen atoms in total. The van der Waals surface area contributed by atoms with Gasteiger partial charge in [-0.2, -0.15) is 9.47 Å². The monoisotopic (exact) mass is 264 g/mol. The Hall–Kier alpha value is -1.47. The molecule has 2 aromatic heterocycles. The van der Waals surface area contributed by atoms with Crippen LogP contribution in [0.5, 0.6) is 0 Å². The lowest BCUT2D eigenvalue weighted by Gasteiger charge is -2.32. The van der Waals surface area contributed by atoms with E-state index >= 15 is 0 Å². The van der Waals surface area contributed by atoms with Crippen LogP contribution < -0.4 is 10.2 Å². The molecule has 2 aromatic rings. The summed E-state index contributed by atoms with van der Waals surface area (Å²) < 4.78 is 4.35. The Bertz CT molecular complexity index is 493. The Morgan fingerprint density at radius 3 is 3.22 bits per heavy atom. The van der Waals surface area contributed by atoms with Gasteiger partial charge in [0.15, 0.2) is 0 Å². The molecule has 0 aromatic carbocycles. The van der Waals surface area contributed by atoms with Crippen LogP contribution in [-0.2, 0) is 6.42 Å². The van der Waals surface area contributed by atoms with Crippen LogP contribution in [0, 0.1) is 0 Å². The molecule has 0 radical (unpaired) electrons. The molecule has 0 aliphatic carbocycles. The molecular formula is C11H16N6S. The van der Waals surface area contributed by atoms with Crippen molar-refractivity contribution in [2.75, 3.05) is 24.5 Å². The minimum Gasteiger partial charge on any atom is -0.344 e. The van der Waals surface area contributed by atoms with E-state index < -0.39 is 0 Å². The molecule has 96 valence electrons. The number of rotatable bonds is 3. The summed E-state index contributed by atoms with van der Waals surface area (Å²) in [6, 6.07) is 0.312. The van der Waals surface area contributed by atoms with E-state index in [1.165, 1.54) is 17.1 Å². The fraction of sp³-hybridized carbons (Fsp3) is 0.545. The molecule has 0 spiro atoms. The molecular weight excluding hydrogens is 248 g/mol. The van der Waals surface area contributed by atoms with Crippen molar-refractivity contribution in [3.63, 3.8) is 0 Å². The smallest absolute Gasteiger partial charge is 0.205 e. The highest BCUT2D eigenvalue weighted by atomic mass is 32.1. The van der Waals surface area contributed by atoms with Gasteiger partial charge in [0, 0.05) is 49.3 Å². The molecule has 1 aliphatic rings. The van der Waals surface area contributed by atoms with Crippen LogP contribution in [0.3, 0.4) is 0 Å². The maximum absolute atomic E-state index is 4.55. The molecule has 2 N–H and O–H groups in total. The lowest BCUT2D eigenvalue weighted by Crippen LogP contribution is -2.45. The highest BCUT2D eigenvalue weighted by molar-refractivity contribution is 7.09. The largest absolute Gasteiger partial charge is 0.344 e. The first-order valence-electron chi connectivity index (χ1n) is 6.16. The molecule has 1 aliphatic heterocycles. The standard InChI is InChI=1S/C11H16N6S/c1-2-10-15-11(18-16-10)17-4-3-12-9(7-17)8-5-13-14-6-8/h5-6,9,12H,2-4,7H2,1H3,(H,13,14). The molecule has 3 rings (SSSR count). The second kappa shape index (κ2) is 5.03. The van der Waals surface area contributed by atoms with Gasteiger partial charge in [0.1, 0.15) is 5.82 Å². The lowest BCUT2D eigenvalue weighted by molar-refractivity contribution is 0.471. The van der Waals surface area contributed by atoms with E-state index in [2.05, 4.69) is 36.7 Å². The first-order valence-corrected chi connectivity index (χ1v) is 6.93. The summed E-state index contributed by atoms with van der Waals surface area (Å²) in [7, 11) is 0. The van der Waals surface area contributed by atoms with E-state index in [-0.39, 0.29) is 0 Å². The number of nitrogens with zero attached hydrogens (tertiary/aromatic N) is 4. The number of H-pyrrole nitrogens is 1. The van der Waals surface area contributed by atoms with Crippen LogP contribution in [0.25, 0.3) is 0 Å². The zero-order valence-electron chi connectivity index (χ0n) is 10.3. The summed E-state index contributed by atoms with van der Waals surface area (Å²) in [5.41, 5.74) is 1.19. The Morgan fingerprint density at radius 2 is 2.50 bits per heavy atom. The molecule has 0 saturated carbocycles. The highest BCUT2D eigenvalue weighted by Gasteiger charge is 2.23. The normalized spacial score (nSPS) is 20.3. The third-order valence-corrected chi connectivity index (χ3v) is 3.96. The van der Waals surface area contributed by atoms with Crippen molar-refractivity contribution in [1.29, 1.82) is 0 Å². The second-order valence-corrected chi connectivity index (χ2v) is 5.06. The Balaban J connectivity index is 1.74. The summed E-state index contributed by atoms with van der Waals surface area (Å²) in [6.07, 6.45) is 4.71. The molecule has 1 fully saturated rings. The predicted octanol–water partition coefficient (Wildman–Crippen LogP) is 0.975. The maximum Gasteiger partial charge on any atom is 0.205 e. The summed E-state index contributed by atoms with van der Waals surface area (Å²) in [5.74, 6) is 0.938. The van der Waals surface area contributed by atoms with Gasteiger partial charge in [-0.3, -0.25) is 5.10 Å². The van der Waals surface area contributed by atoms with Crippen LogP contribution in [0.15, 0.2) is 12.4 Å². The van der Waals surface area contributed by atoms with E-state index in [1.807, 2.05) is 12.4 Å². The van der Waals surface area contributed by atoms with Crippen molar-refractivity contribution in [3.8, 4) is 0 Å². The number of aromatic amines is 1. The van der Waals surface area contributed by atoms with Gasteiger partial charge in [0.25, 0.3) is 0 Å². The topological polar surface area (TPSA) is 69.7 Å². The van der Waals surface area contributed by atoms with Crippen molar-refractivity contribution in [1.82, 2.24) is 24.9 Å². The number of hydrogen-bond donors (Lipinski definition) is 2. The van der Waals surface area contributed by atoms with Crippen molar-refractivity contribution in [2.45, 2.75) is 19.4 Å². The molecule has 18 heavy (non-hydrogen) atoms. The Labute approximate surface area is 110 Å². The molecule has 1 saturated heterocycles. The van der Waals surface area contributed by atoms with E-state index in [0.29, 0.717) is 6.04 Å². The second-order valence-electron chi connectivity index (χ2n) is 4.33. The average Bonchev–Trinajstić information content (AvgIpc) is 3.10. The Kier molecular flexibility index (Phi) is 3.24. The molecule has 1 atom stereocenters. The number of aryl methyl sites for hydroxylation is 1. The van der Waals surface area contributed by atoms with Gasteiger partial charge in [-0.15, -0.1) is 0 Å². The van der Waals surface area contributed by atoms with Crippen LogP contribution in [0.4, 0.5) is 5.13 Å². The van der Waals surface area contributed by atoms with Gasteiger partial charge in [-0.25, -0.2) is 4.98 Å². The highest BCUT2D eigenvalue weighted by Crippen LogP contribution is 2.23. The third-order valence-electron chi connectivity index (χ3n) is 3.14. The summed E-state index contributed by atoms with van der Waals surface area (Å²) >= 11 is 1.49. The van der Waals surface area contributed by atoms with Crippen LogP contribution in [-0.4, -0.2) is 39.2 Å². The minimum atomic E-state index is 0.312. The fourth-order valence-electron chi connectivity index (χ4n) is 2.12. The number of piperazine rings is 1. The third kappa shape index (κ3) is 2.23. The van der Waals surface area contributed by atoms with Crippen LogP contribution in [0.1, 0.15) is 24.4 Å². The summed E-state index contributed by atoms with van der Waals surface area (Å²) in [6.45, 7) is 4.93. The van der Waals surface area contributed by atoms with E-state index in [4.69, 9.17) is 0 Å². The quantitative estimate of drug-likeness (QED) is 0.864. The van der Waals surface area contributed by atoms with Gasteiger partial charge in [-0.05, 0) is 0 Å². The van der Waals surface area contributed by atoms with Gasteiger partial charge in [0.05, 0.1) is 12.2 Å². The Morgan fingerprint density at radius 1 is 1.56 bits per heavy atom.